The summed E-state index contributed by atoms with van der Waals surface area (Å²) in [6.07, 6.45) is 2.45. The second-order valence-electron chi connectivity index (χ2n) is 5.25. The van der Waals surface area contributed by atoms with Crippen LogP contribution in [0.2, 0.25) is 0 Å². The minimum Gasteiger partial charge on any atom is -0.381 e. The summed E-state index contributed by atoms with van der Waals surface area (Å²) in [6, 6.07) is 9.27. The zero-order valence-corrected chi connectivity index (χ0v) is 12.0. The fourth-order valence-electron chi connectivity index (χ4n) is 2.58. The van der Waals surface area contributed by atoms with E-state index in [2.05, 4.69) is 21.6 Å². The Morgan fingerprint density at radius 1 is 1.55 bits per heavy atom. The third-order valence-corrected chi connectivity index (χ3v) is 3.76. The predicted octanol–water partition coefficient (Wildman–Crippen LogP) is 1.72. The van der Waals surface area contributed by atoms with Gasteiger partial charge in [0.05, 0.1) is 35.7 Å². The zero-order valence-electron chi connectivity index (χ0n) is 12.0. The fourth-order valence-corrected chi connectivity index (χ4v) is 2.58. The smallest absolute Gasteiger partial charge is 0.255 e. The van der Waals surface area contributed by atoms with Gasteiger partial charge in [-0.1, -0.05) is 12.1 Å². The van der Waals surface area contributed by atoms with Crippen LogP contribution < -0.4 is 5.32 Å². The van der Waals surface area contributed by atoms with Gasteiger partial charge in [0.2, 0.25) is 0 Å². The van der Waals surface area contributed by atoms with E-state index in [-0.39, 0.29) is 11.8 Å². The number of aromatic nitrogens is 2. The molecule has 1 atom stereocenters. The number of nitriles is 1. The van der Waals surface area contributed by atoms with Crippen molar-refractivity contribution < 1.29 is 9.53 Å². The van der Waals surface area contributed by atoms with Gasteiger partial charge in [-0.15, -0.1) is 0 Å². The highest BCUT2D eigenvalue weighted by atomic mass is 16.5. The van der Waals surface area contributed by atoms with Crippen LogP contribution in [-0.2, 0) is 11.3 Å². The lowest BCUT2D eigenvalue weighted by Gasteiger charge is -2.09. The molecule has 1 saturated heterocycles. The van der Waals surface area contributed by atoms with Crippen molar-refractivity contribution in [1.29, 1.82) is 5.26 Å². The van der Waals surface area contributed by atoms with Crippen molar-refractivity contribution in [2.45, 2.75) is 18.9 Å². The van der Waals surface area contributed by atoms with Crippen molar-refractivity contribution in [2.75, 3.05) is 13.2 Å². The molecule has 1 fully saturated rings. The topological polar surface area (TPSA) is 90.8 Å². The van der Waals surface area contributed by atoms with E-state index < -0.39 is 0 Å². The maximum absolute atomic E-state index is 12.3. The van der Waals surface area contributed by atoms with Crippen molar-refractivity contribution in [3.8, 4) is 6.07 Å². The van der Waals surface area contributed by atoms with E-state index in [0.29, 0.717) is 30.9 Å². The minimum atomic E-state index is -0.169. The number of rotatable bonds is 4. The molecule has 22 heavy (non-hydrogen) atoms. The summed E-state index contributed by atoms with van der Waals surface area (Å²) in [7, 11) is 0. The molecule has 1 aromatic carbocycles. The molecule has 1 aliphatic rings. The largest absolute Gasteiger partial charge is 0.381 e. The molecular weight excluding hydrogens is 280 g/mol. The highest BCUT2D eigenvalue weighted by Gasteiger charge is 2.25. The van der Waals surface area contributed by atoms with E-state index in [9.17, 15) is 4.79 Å². The molecule has 2 heterocycles. The molecule has 6 nitrogen and oxygen atoms in total. The van der Waals surface area contributed by atoms with Crippen LogP contribution >= 0.6 is 0 Å². The SMILES string of the molecule is N#Cc1cccc(CNC(=O)c2cn[nH]c2C2CCOC2)c1. The van der Waals surface area contributed by atoms with Crippen LogP contribution in [0.3, 0.4) is 0 Å². The summed E-state index contributed by atoms with van der Waals surface area (Å²) in [5, 5.41) is 18.6. The number of benzene rings is 1. The number of H-pyrrole nitrogens is 1. The Hall–Kier alpha value is -2.65. The molecule has 0 bridgehead atoms. The molecule has 0 radical (unpaired) electrons. The van der Waals surface area contributed by atoms with Crippen molar-refractivity contribution >= 4 is 5.91 Å². The molecule has 3 rings (SSSR count). The van der Waals surface area contributed by atoms with Crippen LogP contribution in [0.25, 0.3) is 0 Å². The van der Waals surface area contributed by atoms with Crippen molar-refractivity contribution in [1.82, 2.24) is 15.5 Å². The Morgan fingerprint density at radius 2 is 2.45 bits per heavy atom. The van der Waals surface area contributed by atoms with Gasteiger partial charge in [0.1, 0.15) is 0 Å². The summed E-state index contributed by atoms with van der Waals surface area (Å²) >= 11 is 0. The molecule has 0 spiro atoms. The first-order valence-corrected chi connectivity index (χ1v) is 7.16. The Labute approximate surface area is 128 Å². The Balaban J connectivity index is 1.67. The Morgan fingerprint density at radius 3 is 3.23 bits per heavy atom. The first-order chi connectivity index (χ1) is 10.8. The van der Waals surface area contributed by atoms with Gasteiger partial charge >= 0.3 is 0 Å². The van der Waals surface area contributed by atoms with Gasteiger partial charge in [-0.25, -0.2) is 0 Å². The second-order valence-corrected chi connectivity index (χ2v) is 5.25. The highest BCUT2D eigenvalue weighted by Crippen LogP contribution is 2.26. The van der Waals surface area contributed by atoms with Gasteiger partial charge in [0, 0.05) is 19.1 Å². The van der Waals surface area contributed by atoms with Crippen molar-refractivity contribution in [3.63, 3.8) is 0 Å². The van der Waals surface area contributed by atoms with Crippen molar-refractivity contribution in [3.05, 3.63) is 52.8 Å². The molecule has 2 aromatic rings. The summed E-state index contributed by atoms with van der Waals surface area (Å²) < 4.78 is 5.36. The average molecular weight is 296 g/mol. The molecule has 1 aliphatic heterocycles. The third-order valence-electron chi connectivity index (χ3n) is 3.76. The number of carbonyl (C=O) groups is 1. The number of amides is 1. The van der Waals surface area contributed by atoms with Gasteiger partial charge in [-0.3, -0.25) is 9.89 Å². The lowest BCUT2D eigenvalue weighted by atomic mass is 10.0. The first kappa shape index (κ1) is 14.3. The average Bonchev–Trinajstić information content (AvgIpc) is 3.23. The minimum absolute atomic E-state index is 0.169. The monoisotopic (exact) mass is 296 g/mol. The van der Waals surface area contributed by atoms with Crippen molar-refractivity contribution in [2.24, 2.45) is 0 Å². The maximum Gasteiger partial charge on any atom is 0.255 e. The second kappa shape index (κ2) is 6.41. The lowest BCUT2D eigenvalue weighted by Crippen LogP contribution is -2.24. The van der Waals surface area contributed by atoms with Gasteiger partial charge in [-0.05, 0) is 24.1 Å². The van der Waals surface area contributed by atoms with Crippen LogP contribution in [-0.4, -0.2) is 29.3 Å². The van der Waals surface area contributed by atoms with Crippen LogP contribution in [0, 0.1) is 11.3 Å². The predicted molar refractivity (Wildman–Crippen MR) is 79.1 cm³/mol. The number of hydrogen-bond donors (Lipinski definition) is 2. The number of nitrogens with one attached hydrogen (secondary N) is 2. The molecule has 2 N–H and O–H groups in total. The van der Waals surface area contributed by atoms with Crippen LogP contribution in [0.1, 0.15) is 39.5 Å². The van der Waals surface area contributed by atoms with E-state index in [1.165, 1.54) is 0 Å². The summed E-state index contributed by atoms with van der Waals surface area (Å²) in [5.41, 5.74) is 2.87. The lowest BCUT2D eigenvalue weighted by molar-refractivity contribution is 0.0949. The van der Waals surface area contributed by atoms with Gasteiger partial charge in [0.25, 0.3) is 5.91 Å². The quantitative estimate of drug-likeness (QED) is 0.898. The molecule has 1 aromatic heterocycles. The fraction of sp³-hybridized carbons (Fsp3) is 0.312. The maximum atomic E-state index is 12.3. The summed E-state index contributed by atoms with van der Waals surface area (Å²) in [5.74, 6) is 0.0307. The van der Waals surface area contributed by atoms with E-state index in [0.717, 1.165) is 17.7 Å². The molecule has 1 amide bonds. The standard InChI is InChI=1S/C16H16N4O2/c17-7-11-2-1-3-12(6-11)8-18-16(21)14-9-19-20-15(14)13-4-5-22-10-13/h1-3,6,9,13H,4-5,8,10H2,(H,18,21)(H,19,20). The Bertz CT molecular complexity index is 711. The number of aromatic amines is 1. The number of ether oxygens (including phenoxy) is 1. The molecule has 6 heteroatoms. The van der Waals surface area contributed by atoms with E-state index in [1.807, 2.05) is 6.07 Å². The number of nitrogens with zero attached hydrogens (tertiary/aromatic N) is 2. The van der Waals surface area contributed by atoms with Crippen LogP contribution in [0.5, 0.6) is 0 Å². The van der Waals surface area contributed by atoms with Gasteiger partial charge in [0.15, 0.2) is 0 Å². The first-order valence-electron chi connectivity index (χ1n) is 7.16. The zero-order chi connectivity index (χ0) is 15.4. The normalized spacial score (nSPS) is 17.1. The molecular formula is C16H16N4O2. The Kier molecular flexibility index (Phi) is 4.17. The van der Waals surface area contributed by atoms with Crippen LogP contribution in [0.15, 0.2) is 30.5 Å². The summed E-state index contributed by atoms with van der Waals surface area (Å²) in [4.78, 5) is 12.3. The van der Waals surface area contributed by atoms with E-state index >= 15 is 0 Å². The molecule has 0 aliphatic carbocycles. The molecule has 0 saturated carbocycles. The summed E-state index contributed by atoms with van der Waals surface area (Å²) in [6.45, 7) is 1.71. The van der Waals surface area contributed by atoms with E-state index in [1.54, 1.807) is 24.4 Å². The van der Waals surface area contributed by atoms with E-state index in [4.69, 9.17) is 10.00 Å². The van der Waals surface area contributed by atoms with Crippen LogP contribution in [0.4, 0.5) is 0 Å². The molecule has 112 valence electrons. The third kappa shape index (κ3) is 3.00. The van der Waals surface area contributed by atoms with Gasteiger partial charge < -0.3 is 10.1 Å². The molecule has 1 unspecified atom stereocenters. The van der Waals surface area contributed by atoms with Gasteiger partial charge in [-0.2, -0.15) is 10.4 Å². The number of hydrogen-bond acceptors (Lipinski definition) is 4. The number of carbonyl (C=O) groups excluding carboxylic acids is 1. The highest BCUT2D eigenvalue weighted by molar-refractivity contribution is 5.95.